The summed E-state index contributed by atoms with van der Waals surface area (Å²) in [6.45, 7) is 0.0282. The molecule has 31 heavy (non-hydrogen) atoms. The summed E-state index contributed by atoms with van der Waals surface area (Å²) in [4.78, 5) is 27.2. The van der Waals surface area contributed by atoms with Crippen molar-refractivity contribution < 1.29 is 19.4 Å². The number of para-hydroxylation sites is 3. The number of likely N-dealkylation sites (tertiary alicyclic amines) is 1. The number of hydrogen-bond acceptors (Lipinski definition) is 5. The molecule has 7 heteroatoms. The van der Waals surface area contributed by atoms with Crippen molar-refractivity contribution in [2.75, 3.05) is 11.6 Å². The lowest BCUT2D eigenvalue weighted by molar-refractivity contribution is -0.125. The van der Waals surface area contributed by atoms with Crippen molar-refractivity contribution in [3.8, 4) is 5.75 Å². The van der Waals surface area contributed by atoms with Gasteiger partial charge in [-0.15, -0.1) is 0 Å². The Morgan fingerprint density at radius 2 is 1.39 bits per heavy atom. The zero-order valence-electron chi connectivity index (χ0n) is 16.8. The Balaban J connectivity index is 1.54. The number of amides is 2. The highest BCUT2D eigenvalue weighted by Crippen LogP contribution is 2.25. The molecule has 1 heterocycles. The molecule has 0 aliphatic carbocycles. The van der Waals surface area contributed by atoms with E-state index in [9.17, 15) is 14.7 Å². The highest BCUT2D eigenvalue weighted by Gasteiger charge is 2.40. The van der Waals surface area contributed by atoms with Gasteiger partial charge < -0.3 is 9.84 Å². The largest absolute Gasteiger partial charge is 0.416 e. The van der Waals surface area contributed by atoms with Gasteiger partial charge >= 0.3 is 6.09 Å². The Labute approximate surface area is 180 Å². The van der Waals surface area contributed by atoms with E-state index >= 15 is 0 Å². The summed E-state index contributed by atoms with van der Waals surface area (Å²) in [6.07, 6.45) is -1.34. The number of benzene rings is 3. The van der Waals surface area contributed by atoms with Crippen molar-refractivity contribution in [3.05, 3.63) is 91.0 Å². The molecule has 3 aromatic carbocycles. The molecule has 7 nitrogen and oxygen atoms in total. The van der Waals surface area contributed by atoms with Gasteiger partial charge in [-0.1, -0.05) is 54.6 Å². The molecule has 0 bridgehead atoms. The zero-order valence-corrected chi connectivity index (χ0v) is 16.8. The maximum atomic E-state index is 13.2. The number of carbonyl (C=O) groups excluding carboxylic acids is 2. The predicted molar refractivity (Wildman–Crippen MR) is 117 cm³/mol. The van der Waals surface area contributed by atoms with E-state index in [0.717, 1.165) is 11.4 Å². The van der Waals surface area contributed by atoms with Crippen LogP contribution in [-0.4, -0.2) is 40.7 Å². The third kappa shape index (κ3) is 4.84. The van der Waals surface area contributed by atoms with E-state index in [0.29, 0.717) is 5.75 Å². The average molecular weight is 417 g/mol. The summed E-state index contributed by atoms with van der Waals surface area (Å²) in [5.74, 6) is -0.0301. The van der Waals surface area contributed by atoms with Crippen LogP contribution in [-0.2, 0) is 4.79 Å². The Bertz CT molecular complexity index is 975. The van der Waals surface area contributed by atoms with Crippen LogP contribution >= 0.6 is 0 Å². The van der Waals surface area contributed by atoms with Crippen LogP contribution in [0.1, 0.15) is 6.42 Å². The first-order valence-corrected chi connectivity index (χ1v) is 10.0. The molecule has 1 aliphatic heterocycles. The third-order valence-electron chi connectivity index (χ3n) is 5.02. The van der Waals surface area contributed by atoms with E-state index in [2.05, 4.69) is 5.43 Å². The second-order valence-corrected chi connectivity index (χ2v) is 7.22. The third-order valence-corrected chi connectivity index (χ3v) is 5.02. The number of hydrogen-bond donors (Lipinski definition) is 2. The molecule has 0 aromatic heterocycles. The highest BCUT2D eigenvalue weighted by molar-refractivity contribution is 5.89. The predicted octanol–water partition coefficient (Wildman–Crippen LogP) is 3.49. The number of β-amino-alcohol motifs (C(OH)–C–C–N with tert-alkyl or cyclic N) is 1. The second-order valence-electron chi connectivity index (χ2n) is 7.22. The van der Waals surface area contributed by atoms with Gasteiger partial charge in [0.2, 0.25) is 0 Å². The van der Waals surface area contributed by atoms with E-state index in [-0.39, 0.29) is 13.0 Å². The monoisotopic (exact) mass is 417 g/mol. The van der Waals surface area contributed by atoms with Gasteiger partial charge in [-0.3, -0.25) is 20.1 Å². The maximum Gasteiger partial charge on any atom is 0.416 e. The van der Waals surface area contributed by atoms with Crippen molar-refractivity contribution in [1.82, 2.24) is 10.3 Å². The molecule has 2 atom stereocenters. The molecule has 2 N–H and O–H groups in total. The fraction of sp³-hybridized carbons (Fsp3) is 0.167. The molecule has 1 aliphatic rings. The fourth-order valence-electron chi connectivity index (χ4n) is 3.53. The number of hydrazine groups is 1. The van der Waals surface area contributed by atoms with Crippen molar-refractivity contribution in [3.63, 3.8) is 0 Å². The summed E-state index contributed by atoms with van der Waals surface area (Å²) in [5, 5.41) is 11.8. The van der Waals surface area contributed by atoms with Gasteiger partial charge in [0.15, 0.2) is 0 Å². The van der Waals surface area contributed by atoms with E-state index in [1.807, 2.05) is 66.7 Å². The minimum atomic E-state index is -0.860. The van der Waals surface area contributed by atoms with Gasteiger partial charge in [0.1, 0.15) is 11.8 Å². The molecule has 0 unspecified atom stereocenters. The number of rotatable bonds is 5. The molecular weight excluding hydrogens is 394 g/mol. The lowest BCUT2D eigenvalue weighted by Crippen LogP contribution is -2.51. The number of anilines is 2. The minimum absolute atomic E-state index is 0.0282. The van der Waals surface area contributed by atoms with Crippen LogP contribution in [0.2, 0.25) is 0 Å². The summed E-state index contributed by atoms with van der Waals surface area (Å²) in [7, 11) is 0. The normalized spacial score (nSPS) is 17.8. The minimum Gasteiger partial charge on any atom is -0.410 e. The second kappa shape index (κ2) is 9.32. The van der Waals surface area contributed by atoms with Crippen molar-refractivity contribution in [2.24, 2.45) is 0 Å². The van der Waals surface area contributed by atoms with Crippen LogP contribution in [0, 0.1) is 0 Å². The van der Waals surface area contributed by atoms with E-state index in [1.165, 1.54) is 4.90 Å². The standard InChI is InChI=1S/C24H23N3O4/c28-20-16-22(26(17-20)24(30)31-21-14-8-3-9-15-21)23(29)25-27(18-10-4-1-5-11-18)19-12-6-2-7-13-19/h1-15,20,22,28H,16-17H2,(H,25,29)/t20-,22+/m1/s1. The molecule has 3 aromatic rings. The van der Waals surface area contributed by atoms with Gasteiger partial charge in [0.25, 0.3) is 5.91 Å². The Morgan fingerprint density at radius 1 is 0.871 bits per heavy atom. The maximum absolute atomic E-state index is 13.2. The van der Waals surface area contributed by atoms with Crippen LogP contribution in [0.4, 0.5) is 16.2 Å². The lowest BCUT2D eigenvalue weighted by atomic mass is 10.2. The van der Waals surface area contributed by atoms with Crippen LogP contribution in [0.15, 0.2) is 91.0 Å². The van der Waals surface area contributed by atoms with Crippen LogP contribution < -0.4 is 15.2 Å². The van der Waals surface area contributed by atoms with Crippen LogP contribution in [0.25, 0.3) is 0 Å². The van der Waals surface area contributed by atoms with Gasteiger partial charge in [-0.2, -0.15) is 0 Å². The highest BCUT2D eigenvalue weighted by atomic mass is 16.6. The first kappa shape index (κ1) is 20.4. The number of nitrogens with one attached hydrogen (secondary N) is 1. The first-order chi connectivity index (χ1) is 15.1. The zero-order chi connectivity index (χ0) is 21.6. The average Bonchev–Trinajstić information content (AvgIpc) is 3.21. The molecule has 158 valence electrons. The molecular formula is C24H23N3O4. The lowest BCUT2D eigenvalue weighted by Gasteiger charge is -2.29. The Kier molecular flexibility index (Phi) is 6.14. The molecule has 0 radical (unpaired) electrons. The van der Waals surface area contributed by atoms with Crippen molar-refractivity contribution >= 4 is 23.4 Å². The Morgan fingerprint density at radius 3 is 1.94 bits per heavy atom. The number of carbonyl (C=O) groups is 2. The van der Waals surface area contributed by atoms with E-state index in [4.69, 9.17) is 4.74 Å². The van der Waals surface area contributed by atoms with E-state index in [1.54, 1.807) is 29.3 Å². The molecule has 4 rings (SSSR count). The number of nitrogens with zero attached hydrogens (tertiary/aromatic N) is 2. The van der Waals surface area contributed by atoms with Gasteiger partial charge in [0.05, 0.1) is 24.0 Å². The van der Waals surface area contributed by atoms with Crippen LogP contribution in [0.3, 0.4) is 0 Å². The fourth-order valence-corrected chi connectivity index (χ4v) is 3.53. The summed E-state index contributed by atoms with van der Waals surface area (Å²) >= 11 is 0. The first-order valence-electron chi connectivity index (χ1n) is 10.0. The smallest absolute Gasteiger partial charge is 0.410 e. The Hall–Kier alpha value is -3.84. The summed E-state index contributed by atoms with van der Waals surface area (Å²) in [6, 6.07) is 26.6. The SMILES string of the molecule is O=C(NN(c1ccccc1)c1ccccc1)[C@@H]1C[C@@H](O)CN1C(=O)Oc1ccccc1. The van der Waals surface area contributed by atoms with Gasteiger partial charge in [0, 0.05) is 6.42 Å². The number of aliphatic hydroxyl groups is 1. The van der Waals surface area contributed by atoms with Gasteiger partial charge in [-0.25, -0.2) is 4.79 Å². The van der Waals surface area contributed by atoms with Gasteiger partial charge in [-0.05, 0) is 36.4 Å². The number of aliphatic hydroxyl groups excluding tert-OH is 1. The molecule has 1 fully saturated rings. The van der Waals surface area contributed by atoms with Crippen molar-refractivity contribution in [2.45, 2.75) is 18.6 Å². The summed E-state index contributed by atoms with van der Waals surface area (Å²) < 4.78 is 5.38. The summed E-state index contributed by atoms with van der Waals surface area (Å²) in [5.41, 5.74) is 4.42. The van der Waals surface area contributed by atoms with Crippen LogP contribution in [0.5, 0.6) is 5.75 Å². The molecule has 1 saturated heterocycles. The van der Waals surface area contributed by atoms with E-state index < -0.39 is 24.1 Å². The molecule has 0 saturated carbocycles. The van der Waals surface area contributed by atoms with Crippen molar-refractivity contribution in [1.29, 1.82) is 0 Å². The number of ether oxygens (including phenoxy) is 1. The molecule has 0 spiro atoms. The molecule has 2 amide bonds. The quantitative estimate of drug-likeness (QED) is 0.621. The topological polar surface area (TPSA) is 82.1 Å².